The van der Waals surface area contributed by atoms with Crippen molar-refractivity contribution in [3.8, 4) is 0 Å². The zero-order valence-electron chi connectivity index (χ0n) is 12.2. The summed E-state index contributed by atoms with van der Waals surface area (Å²) in [7, 11) is 0. The number of hydrogen-bond donors (Lipinski definition) is 3. The van der Waals surface area contributed by atoms with Crippen LogP contribution in [0.2, 0.25) is 0 Å². The summed E-state index contributed by atoms with van der Waals surface area (Å²) in [5.41, 5.74) is 4.75. The van der Waals surface area contributed by atoms with E-state index in [4.69, 9.17) is 5.21 Å². The number of thioether (sulfide) groups is 1. The molecule has 3 N–H and O–H groups in total. The number of fused-ring (bicyclic) bond motifs is 1. The number of aromatic nitrogens is 2. The molecule has 0 aliphatic rings. The molecule has 0 atom stereocenters. The first-order valence-corrected chi connectivity index (χ1v) is 8.25. The van der Waals surface area contributed by atoms with Gasteiger partial charge in [-0.25, -0.2) is 10.5 Å². The van der Waals surface area contributed by atoms with Crippen LogP contribution in [0.5, 0.6) is 0 Å². The summed E-state index contributed by atoms with van der Waals surface area (Å²) in [6.07, 6.45) is 3.84. The van der Waals surface area contributed by atoms with Crippen molar-refractivity contribution in [2.24, 2.45) is 0 Å². The van der Waals surface area contributed by atoms with Crippen LogP contribution < -0.4 is 10.8 Å². The lowest BCUT2D eigenvalue weighted by atomic mass is 10.2. The highest BCUT2D eigenvalue weighted by Gasteiger charge is 2.14. The predicted octanol–water partition coefficient (Wildman–Crippen LogP) is 1.72. The Hall–Kier alpha value is -1.73. The molecule has 0 fully saturated rings. The Morgan fingerprint density at radius 1 is 1.48 bits per heavy atom. The lowest BCUT2D eigenvalue weighted by molar-refractivity contribution is -0.127. The van der Waals surface area contributed by atoms with Gasteiger partial charge in [-0.05, 0) is 30.6 Å². The Morgan fingerprint density at radius 3 is 2.95 bits per heavy atom. The molecule has 114 valence electrons. The minimum atomic E-state index is -0.487. The quantitative estimate of drug-likeness (QED) is 0.536. The maximum Gasteiger partial charge on any atom is 0.262 e. The monoisotopic (exact) mass is 308 g/mol. The zero-order valence-corrected chi connectivity index (χ0v) is 13.0. The number of rotatable bonds is 7. The van der Waals surface area contributed by atoms with Crippen LogP contribution in [0.3, 0.4) is 0 Å². The van der Waals surface area contributed by atoms with Crippen LogP contribution in [0.1, 0.15) is 18.3 Å². The summed E-state index contributed by atoms with van der Waals surface area (Å²) in [6, 6.07) is 6.03. The third-order valence-corrected chi connectivity index (χ3v) is 3.88. The van der Waals surface area contributed by atoms with E-state index < -0.39 is 5.91 Å². The number of carbonyl (C=O) groups excluding carboxylic acids is 1. The minimum Gasteiger partial charge on any atom is -0.359 e. The molecule has 0 aromatic carbocycles. The van der Waals surface area contributed by atoms with Gasteiger partial charge < -0.3 is 5.32 Å². The average molecular weight is 308 g/mol. The zero-order chi connectivity index (χ0) is 15.2. The molecular weight excluding hydrogens is 288 g/mol. The SMILES string of the molecule is CCc1cccc2nc(NCC(=O)NO)c(CCSC)n12. The van der Waals surface area contributed by atoms with Crippen LogP contribution in [-0.2, 0) is 17.6 Å². The molecule has 1 amide bonds. The minimum absolute atomic E-state index is 0.00585. The Bertz CT molecular complexity index is 627. The molecule has 0 unspecified atom stereocenters. The van der Waals surface area contributed by atoms with Gasteiger partial charge in [-0.3, -0.25) is 14.4 Å². The number of aryl methyl sites for hydroxylation is 2. The molecular formula is C14H20N4O2S. The van der Waals surface area contributed by atoms with E-state index >= 15 is 0 Å². The molecule has 0 radical (unpaired) electrons. The summed E-state index contributed by atoms with van der Waals surface area (Å²) in [5, 5.41) is 11.6. The standard InChI is InChI=1S/C14H20N4O2S/c1-3-10-5-4-6-12-16-14(15-9-13(19)17-20)11(18(10)12)7-8-21-2/h4-6,15,20H,3,7-9H2,1-2H3,(H,17,19). The second kappa shape index (κ2) is 7.33. The van der Waals surface area contributed by atoms with Gasteiger partial charge in [-0.2, -0.15) is 11.8 Å². The number of hydroxylamine groups is 1. The largest absolute Gasteiger partial charge is 0.359 e. The van der Waals surface area contributed by atoms with Gasteiger partial charge in [0.05, 0.1) is 12.2 Å². The Morgan fingerprint density at radius 2 is 2.29 bits per heavy atom. The molecule has 0 saturated carbocycles. The van der Waals surface area contributed by atoms with Crippen LogP contribution >= 0.6 is 11.8 Å². The molecule has 0 aliphatic heterocycles. The number of hydrogen-bond acceptors (Lipinski definition) is 5. The van der Waals surface area contributed by atoms with E-state index in [1.54, 1.807) is 17.2 Å². The van der Waals surface area contributed by atoms with Crippen LogP contribution in [-0.4, -0.2) is 39.1 Å². The highest BCUT2D eigenvalue weighted by atomic mass is 32.2. The van der Waals surface area contributed by atoms with E-state index in [-0.39, 0.29) is 6.54 Å². The van der Waals surface area contributed by atoms with Crippen molar-refractivity contribution < 1.29 is 10.0 Å². The molecule has 0 aliphatic carbocycles. The summed E-state index contributed by atoms with van der Waals surface area (Å²) < 4.78 is 2.15. The van der Waals surface area contributed by atoms with E-state index in [9.17, 15) is 4.79 Å². The van der Waals surface area contributed by atoms with E-state index in [1.807, 2.05) is 12.1 Å². The van der Waals surface area contributed by atoms with Gasteiger partial charge in [0.25, 0.3) is 5.91 Å². The Kier molecular flexibility index (Phi) is 5.46. The van der Waals surface area contributed by atoms with Gasteiger partial charge in [0.15, 0.2) is 0 Å². The highest BCUT2D eigenvalue weighted by Crippen LogP contribution is 2.21. The smallest absolute Gasteiger partial charge is 0.262 e. The van der Waals surface area contributed by atoms with Gasteiger partial charge >= 0.3 is 0 Å². The number of pyridine rings is 1. The second-order valence-electron chi connectivity index (χ2n) is 4.60. The number of amides is 1. The molecule has 2 heterocycles. The van der Waals surface area contributed by atoms with Gasteiger partial charge in [0.2, 0.25) is 0 Å². The third kappa shape index (κ3) is 3.48. The van der Waals surface area contributed by atoms with Crippen molar-refractivity contribution >= 4 is 29.1 Å². The fourth-order valence-electron chi connectivity index (χ4n) is 2.28. The number of anilines is 1. The van der Waals surface area contributed by atoms with Crippen molar-refractivity contribution in [2.75, 3.05) is 23.9 Å². The third-order valence-electron chi connectivity index (χ3n) is 3.27. The summed E-state index contributed by atoms with van der Waals surface area (Å²) in [4.78, 5) is 15.7. The van der Waals surface area contributed by atoms with Crippen molar-refractivity contribution in [3.63, 3.8) is 0 Å². The molecule has 2 aromatic rings. The summed E-state index contributed by atoms with van der Waals surface area (Å²) in [5.74, 6) is 1.19. The Balaban J connectivity index is 2.40. The molecule has 2 aromatic heterocycles. The van der Waals surface area contributed by atoms with E-state index in [1.165, 1.54) is 5.69 Å². The highest BCUT2D eigenvalue weighted by molar-refractivity contribution is 7.98. The van der Waals surface area contributed by atoms with Gasteiger partial charge in [0, 0.05) is 12.1 Å². The number of nitrogens with zero attached hydrogens (tertiary/aromatic N) is 2. The molecule has 2 rings (SSSR count). The van der Waals surface area contributed by atoms with Crippen molar-refractivity contribution in [2.45, 2.75) is 19.8 Å². The molecule has 21 heavy (non-hydrogen) atoms. The number of nitrogens with one attached hydrogen (secondary N) is 2. The summed E-state index contributed by atoms with van der Waals surface area (Å²) in [6.45, 7) is 2.10. The first kappa shape index (κ1) is 15.7. The molecule has 6 nitrogen and oxygen atoms in total. The lowest BCUT2D eigenvalue weighted by Gasteiger charge is -2.09. The van der Waals surface area contributed by atoms with Gasteiger partial charge in [0.1, 0.15) is 11.5 Å². The number of carbonyl (C=O) groups is 1. The fraction of sp³-hybridized carbons (Fsp3) is 0.429. The first-order chi connectivity index (χ1) is 10.2. The van der Waals surface area contributed by atoms with E-state index in [0.717, 1.165) is 29.9 Å². The van der Waals surface area contributed by atoms with Crippen molar-refractivity contribution in [1.29, 1.82) is 0 Å². The number of imidazole rings is 1. The first-order valence-electron chi connectivity index (χ1n) is 6.86. The van der Waals surface area contributed by atoms with Gasteiger partial charge in [-0.15, -0.1) is 0 Å². The topological polar surface area (TPSA) is 78.7 Å². The molecule has 0 saturated heterocycles. The summed E-state index contributed by atoms with van der Waals surface area (Å²) >= 11 is 1.77. The molecule has 0 spiro atoms. The van der Waals surface area contributed by atoms with Crippen LogP contribution in [0.25, 0.3) is 5.65 Å². The maximum absolute atomic E-state index is 11.2. The van der Waals surface area contributed by atoms with Crippen LogP contribution in [0.4, 0.5) is 5.82 Å². The molecule has 7 heteroatoms. The Labute approximate surface area is 127 Å². The lowest BCUT2D eigenvalue weighted by Crippen LogP contribution is -2.27. The van der Waals surface area contributed by atoms with E-state index in [0.29, 0.717) is 5.82 Å². The van der Waals surface area contributed by atoms with Crippen LogP contribution in [0.15, 0.2) is 18.2 Å². The fourth-order valence-corrected chi connectivity index (χ4v) is 2.67. The van der Waals surface area contributed by atoms with Crippen LogP contribution in [0, 0.1) is 0 Å². The maximum atomic E-state index is 11.2. The average Bonchev–Trinajstić information content (AvgIpc) is 2.88. The predicted molar refractivity (Wildman–Crippen MR) is 85.1 cm³/mol. The normalized spacial score (nSPS) is 10.8. The molecule has 0 bridgehead atoms. The van der Waals surface area contributed by atoms with E-state index in [2.05, 4.69) is 33.9 Å². The second-order valence-corrected chi connectivity index (χ2v) is 5.59. The van der Waals surface area contributed by atoms with Gasteiger partial charge in [-0.1, -0.05) is 13.0 Å². The van der Waals surface area contributed by atoms with Crippen molar-refractivity contribution in [1.82, 2.24) is 14.9 Å². The van der Waals surface area contributed by atoms with Crippen molar-refractivity contribution in [3.05, 3.63) is 29.6 Å².